The van der Waals surface area contributed by atoms with E-state index in [0.29, 0.717) is 0 Å². The van der Waals surface area contributed by atoms with Crippen LogP contribution in [0.3, 0.4) is 0 Å². The monoisotopic (exact) mass is 204 g/mol. The van der Waals surface area contributed by atoms with E-state index < -0.39 is 11.8 Å². The van der Waals surface area contributed by atoms with Gasteiger partial charge in [-0.2, -0.15) is 0 Å². The zero-order valence-corrected chi connectivity index (χ0v) is 7.94. The van der Waals surface area contributed by atoms with Crippen LogP contribution in [-0.4, -0.2) is 12.6 Å². The lowest BCUT2D eigenvalue weighted by Gasteiger charge is -2.00. The summed E-state index contributed by atoms with van der Waals surface area (Å²) in [4.78, 5) is 11.3. The van der Waals surface area contributed by atoms with Gasteiger partial charge in [-0.15, -0.1) is 6.42 Å². The van der Waals surface area contributed by atoms with E-state index in [1.165, 1.54) is 30.4 Å². The second-order valence-corrected chi connectivity index (χ2v) is 2.68. The van der Waals surface area contributed by atoms with Gasteiger partial charge in [-0.1, -0.05) is 12.0 Å². The molecule has 0 aliphatic carbocycles. The van der Waals surface area contributed by atoms with Crippen molar-refractivity contribution in [2.75, 3.05) is 6.61 Å². The fourth-order valence-electron chi connectivity index (χ4n) is 0.939. The van der Waals surface area contributed by atoms with Crippen LogP contribution in [0, 0.1) is 18.2 Å². The lowest BCUT2D eigenvalue weighted by molar-refractivity contribution is 0.0549. The smallest absolute Gasteiger partial charge is 0.338 e. The highest BCUT2D eigenvalue weighted by molar-refractivity contribution is 5.89. The Labute approximate surface area is 87.4 Å². The zero-order chi connectivity index (χ0) is 11.1. The number of terminal acetylenes is 1. The Kier molecular flexibility index (Phi) is 4.11. The van der Waals surface area contributed by atoms with Crippen LogP contribution in [0.5, 0.6) is 0 Å². The van der Waals surface area contributed by atoms with Crippen molar-refractivity contribution >= 4 is 5.97 Å². The fourth-order valence-corrected chi connectivity index (χ4v) is 0.939. The van der Waals surface area contributed by atoms with Crippen LogP contribution >= 0.6 is 0 Å². The van der Waals surface area contributed by atoms with Gasteiger partial charge in [0, 0.05) is 0 Å². The molecule has 2 nitrogen and oxygen atoms in total. The van der Waals surface area contributed by atoms with E-state index >= 15 is 0 Å². The summed E-state index contributed by atoms with van der Waals surface area (Å²) in [6, 6.07) is 5.31. The summed E-state index contributed by atoms with van der Waals surface area (Å²) in [6.07, 6.45) is 7.90. The van der Waals surface area contributed by atoms with E-state index in [0.717, 1.165) is 6.07 Å². The van der Waals surface area contributed by atoms with Crippen molar-refractivity contribution < 1.29 is 13.9 Å². The standard InChI is InChI=1S/C12H9FO2/c1-2-3-4-8-15-12(14)10-6-5-7-11(13)9-10/h1,3-7,9H,8H2/b4-3+. The minimum Gasteiger partial charge on any atom is -0.458 e. The van der Waals surface area contributed by atoms with Crippen LogP contribution in [0.2, 0.25) is 0 Å². The molecule has 0 saturated heterocycles. The third kappa shape index (κ3) is 3.65. The van der Waals surface area contributed by atoms with Gasteiger partial charge in [0.2, 0.25) is 0 Å². The maximum Gasteiger partial charge on any atom is 0.338 e. The second kappa shape index (κ2) is 5.61. The van der Waals surface area contributed by atoms with Crippen molar-refractivity contribution in [2.45, 2.75) is 0 Å². The normalized spacial score (nSPS) is 9.87. The molecule has 0 aliphatic heterocycles. The molecule has 0 unspecified atom stereocenters. The average Bonchev–Trinajstić information content (AvgIpc) is 2.24. The first-order chi connectivity index (χ1) is 7.24. The molecule has 0 atom stereocenters. The van der Waals surface area contributed by atoms with Gasteiger partial charge in [-0.25, -0.2) is 9.18 Å². The Morgan fingerprint density at radius 1 is 1.60 bits per heavy atom. The number of carbonyl (C=O) groups excluding carboxylic acids is 1. The topological polar surface area (TPSA) is 26.3 Å². The van der Waals surface area contributed by atoms with Gasteiger partial charge < -0.3 is 4.74 Å². The molecule has 0 aliphatic rings. The number of ether oxygens (including phenoxy) is 1. The summed E-state index contributed by atoms with van der Waals surface area (Å²) in [5.74, 6) is 1.22. The zero-order valence-electron chi connectivity index (χ0n) is 7.94. The SMILES string of the molecule is C#C/C=C/COC(=O)c1cccc(F)c1. The van der Waals surface area contributed by atoms with Gasteiger partial charge in [0.1, 0.15) is 12.4 Å². The largest absolute Gasteiger partial charge is 0.458 e. The highest BCUT2D eigenvalue weighted by Gasteiger charge is 2.06. The molecular formula is C12H9FO2. The highest BCUT2D eigenvalue weighted by Crippen LogP contribution is 2.04. The van der Waals surface area contributed by atoms with Gasteiger partial charge in [0.05, 0.1) is 5.56 Å². The number of halogens is 1. The van der Waals surface area contributed by atoms with Crippen LogP contribution in [0.1, 0.15) is 10.4 Å². The van der Waals surface area contributed by atoms with Crippen LogP contribution < -0.4 is 0 Å². The van der Waals surface area contributed by atoms with Crippen molar-refractivity contribution in [3.05, 3.63) is 47.8 Å². The number of benzene rings is 1. The van der Waals surface area contributed by atoms with Crippen LogP contribution in [0.15, 0.2) is 36.4 Å². The fraction of sp³-hybridized carbons (Fsp3) is 0.0833. The lowest BCUT2D eigenvalue weighted by Crippen LogP contribution is -2.05. The molecule has 0 bridgehead atoms. The first-order valence-corrected chi connectivity index (χ1v) is 4.28. The molecule has 1 aromatic carbocycles. The van der Waals surface area contributed by atoms with E-state index in [4.69, 9.17) is 11.2 Å². The predicted molar refractivity (Wildman–Crippen MR) is 54.7 cm³/mol. The van der Waals surface area contributed by atoms with E-state index in [1.807, 2.05) is 0 Å². The van der Waals surface area contributed by atoms with Gasteiger partial charge >= 0.3 is 5.97 Å². The van der Waals surface area contributed by atoms with Crippen molar-refractivity contribution in [1.82, 2.24) is 0 Å². The Hall–Kier alpha value is -2.08. The first kappa shape index (κ1) is 11.0. The number of hydrogen-bond donors (Lipinski definition) is 0. The molecule has 0 aromatic heterocycles. The molecule has 0 heterocycles. The maximum absolute atomic E-state index is 12.7. The number of carbonyl (C=O) groups is 1. The second-order valence-electron chi connectivity index (χ2n) is 2.68. The summed E-state index contributed by atoms with van der Waals surface area (Å²) in [5.41, 5.74) is 0.184. The molecule has 0 spiro atoms. The Balaban J connectivity index is 2.55. The van der Waals surface area contributed by atoms with E-state index in [1.54, 1.807) is 0 Å². The minimum atomic E-state index is -0.573. The number of allylic oxidation sites excluding steroid dienone is 1. The van der Waals surface area contributed by atoms with Gasteiger partial charge in [0.15, 0.2) is 0 Å². The molecular weight excluding hydrogens is 195 g/mol. The van der Waals surface area contributed by atoms with Gasteiger partial charge in [0.25, 0.3) is 0 Å². The van der Waals surface area contributed by atoms with Crippen molar-refractivity contribution in [1.29, 1.82) is 0 Å². The summed E-state index contributed by atoms with van der Waals surface area (Å²) >= 11 is 0. The van der Waals surface area contributed by atoms with Gasteiger partial charge in [-0.3, -0.25) is 0 Å². The number of rotatable bonds is 3. The van der Waals surface area contributed by atoms with E-state index in [2.05, 4.69) is 5.92 Å². The van der Waals surface area contributed by atoms with Crippen LogP contribution in [0.4, 0.5) is 4.39 Å². The summed E-state index contributed by atoms with van der Waals surface area (Å²) in [5, 5.41) is 0. The van der Waals surface area contributed by atoms with E-state index in [-0.39, 0.29) is 12.2 Å². The van der Waals surface area contributed by atoms with Crippen LogP contribution in [-0.2, 0) is 4.74 Å². The summed E-state index contributed by atoms with van der Waals surface area (Å²) in [6.45, 7) is 0.0829. The summed E-state index contributed by atoms with van der Waals surface area (Å²) in [7, 11) is 0. The number of hydrogen-bond acceptors (Lipinski definition) is 2. The molecule has 0 fully saturated rings. The molecule has 0 amide bonds. The molecule has 1 aromatic rings. The van der Waals surface area contributed by atoms with E-state index in [9.17, 15) is 9.18 Å². The molecule has 0 N–H and O–H groups in total. The minimum absolute atomic E-state index is 0.0829. The summed E-state index contributed by atoms with van der Waals surface area (Å²) < 4.78 is 17.5. The Morgan fingerprint density at radius 3 is 3.07 bits per heavy atom. The van der Waals surface area contributed by atoms with Crippen LogP contribution in [0.25, 0.3) is 0 Å². The molecule has 15 heavy (non-hydrogen) atoms. The van der Waals surface area contributed by atoms with Crippen molar-refractivity contribution in [3.63, 3.8) is 0 Å². The Morgan fingerprint density at radius 2 is 2.40 bits per heavy atom. The van der Waals surface area contributed by atoms with Gasteiger partial charge in [-0.05, 0) is 30.4 Å². The molecule has 3 heteroatoms. The Bertz CT molecular complexity index is 416. The lowest BCUT2D eigenvalue weighted by atomic mass is 10.2. The van der Waals surface area contributed by atoms with Crippen molar-refractivity contribution in [2.24, 2.45) is 0 Å². The van der Waals surface area contributed by atoms with Crippen molar-refractivity contribution in [3.8, 4) is 12.3 Å². The third-order valence-corrected chi connectivity index (χ3v) is 1.59. The molecule has 76 valence electrons. The first-order valence-electron chi connectivity index (χ1n) is 4.28. The third-order valence-electron chi connectivity index (χ3n) is 1.59. The molecule has 1 rings (SSSR count). The quantitative estimate of drug-likeness (QED) is 0.557. The molecule has 0 radical (unpaired) electrons. The highest BCUT2D eigenvalue weighted by atomic mass is 19.1. The average molecular weight is 204 g/mol. The predicted octanol–water partition coefficient (Wildman–Crippen LogP) is 2.17. The maximum atomic E-state index is 12.7. The number of esters is 1. The molecule has 0 saturated carbocycles.